The summed E-state index contributed by atoms with van der Waals surface area (Å²) < 4.78 is 0. The normalized spacial score (nSPS) is 11.1. The molecule has 0 bridgehead atoms. The summed E-state index contributed by atoms with van der Waals surface area (Å²) in [4.78, 5) is 29.6. The Morgan fingerprint density at radius 1 is 0.104 bits per heavy atom. The summed E-state index contributed by atoms with van der Waals surface area (Å²) in [6, 6.07) is 215. The van der Waals surface area contributed by atoms with Crippen molar-refractivity contribution in [3.63, 3.8) is 0 Å². The van der Waals surface area contributed by atoms with Gasteiger partial charge in [0.15, 0.2) is 0 Å². The standard InChI is InChI=1S/C134H100N10/c1-13-39-107(40-14-1)135-133(102-70-80-122(81-71-102)142(127-90-84-124(85-91-127)139(113-49-23-6-24-50-113)114-51-25-7-26-52-114)128-92-86-125(87-93-128)140(115-53-27-8-28-54-115)116-55-29-9-30-56-116)103-72-82-123(83-73-103)143(129-94-88-126(89-95-129)141(117-57-31-10-32-58-117)118-59-33-11-34-60-118)130-96-98-131(99-97-130)144(119-61-35-12-36-62-119)132-63-37-38-106(100-132)101-64-74-108(75-65-101)136-134(104-66-76-120(77-67-104)137(109-41-15-2-16-42-109)110-43-17-3-18-44-110)105-68-78-121(79-69-105)138(111-45-19-4-20-46-111)112-47-21-5-22-48-112/h1-100H/b135-133-. The maximum atomic E-state index is 5.59. The predicted molar refractivity (Wildman–Crippen MR) is 606 cm³/mol. The molecular formula is C134H100N10. The van der Waals surface area contributed by atoms with Gasteiger partial charge in [0, 0.05) is 159 Å². The lowest BCUT2D eigenvalue weighted by molar-refractivity contribution is 1.24. The lowest BCUT2D eigenvalue weighted by Gasteiger charge is -2.30. The number of aliphatic imine (C=N–C) groups is 2. The maximum Gasteiger partial charge on any atom is 0.0781 e. The van der Waals surface area contributed by atoms with E-state index in [2.05, 4.69) is 628 Å². The first-order chi connectivity index (χ1) is 71.4. The molecule has 0 unspecified atom stereocenters. The van der Waals surface area contributed by atoms with Gasteiger partial charge >= 0.3 is 0 Å². The van der Waals surface area contributed by atoms with Crippen LogP contribution in [0.2, 0.25) is 0 Å². The van der Waals surface area contributed by atoms with Gasteiger partial charge in [-0.05, 0) is 327 Å². The van der Waals surface area contributed by atoms with Gasteiger partial charge in [0.2, 0.25) is 0 Å². The largest absolute Gasteiger partial charge is 0.311 e. The molecule has 22 aromatic carbocycles. The van der Waals surface area contributed by atoms with Crippen LogP contribution in [0.5, 0.6) is 0 Å². The van der Waals surface area contributed by atoms with Crippen LogP contribution in [-0.2, 0) is 0 Å². The van der Waals surface area contributed by atoms with Gasteiger partial charge in [0.05, 0.1) is 22.8 Å². The van der Waals surface area contributed by atoms with Crippen molar-refractivity contribution < 1.29 is 0 Å². The number of benzene rings is 22. The van der Waals surface area contributed by atoms with E-state index in [1.807, 2.05) is 18.2 Å². The third-order valence-electron chi connectivity index (χ3n) is 25.8. The molecule has 0 amide bonds. The summed E-state index contributed by atoms with van der Waals surface area (Å²) in [6.45, 7) is 0. The van der Waals surface area contributed by atoms with E-state index in [0.717, 1.165) is 193 Å². The van der Waals surface area contributed by atoms with E-state index in [9.17, 15) is 0 Å². The lowest BCUT2D eigenvalue weighted by atomic mass is 10.00. The predicted octanol–water partition coefficient (Wildman–Crippen LogP) is 37.5. The van der Waals surface area contributed by atoms with Gasteiger partial charge in [-0.2, -0.15) is 0 Å². The Morgan fingerprint density at radius 2 is 0.243 bits per heavy atom. The SMILES string of the molecule is c1ccc(/N=C(/c2ccc(N(c3ccc(N(c4ccccc4)c4ccccc4)cc3)c3ccc(N(c4ccccc4)c4ccccc4)cc3)cc2)c2ccc(N(c3ccc(N(c4ccccc4)c4ccccc4)cc3)c3ccc(N(c4ccccc4)c4cccc(-c5ccc(N=C(c6ccc(N(c7ccccc7)c7ccccc7)cc6)c6ccc(N(c7ccccc7)c7ccccc7)cc6)cc5)c4)cc3)cc2)cc1. The number of hydrogen-bond donors (Lipinski definition) is 0. The molecule has 0 saturated heterocycles. The zero-order chi connectivity index (χ0) is 96.4. The second-order valence-electron chi connectivity index (χ2n) is 35.0. The highest BCUT2D eigenvalue weighted by molar-refractivity contribution is 6.15. The number of anilines is 24. The van der Waals surface area contributed by atoms with Crippen molar-refractivity contribution in [2.45, 2.75) is 0 Å². The highest BCUT2D eigenvalue weighted by atomic mass is 15.2. The summed E-state index contributed by atoms with van der Waals surface area (Å²) in [7, 11) is 0. The van der Waals surface area contributed by atoms with Crippen LogP contribution in [0.1, 0.15) is 22.3 Å². The van der Waals surface area contributed by atoms with E-state index in [0.29, 0.717) is 0 Å². The van der Waals surface area contributed by atoms with E-state index in [4.69, 9.17) is 9.98 Å². The van der Waals surface area contributed by atoms with E-state index in [1.165, 1.54) is 0 Å². The molecule has 686 valence electrons. The molecule has 0 spiro atoms. The van der Waals surface area contributed by atoms with Gasteiger partial charge in [-0.1, -0.05) is 291 Å². The molecule has 0 N–H and O–H groups in total. The third kappa shape index (κ3) is 20.1. The molecule has 10 heteroatoms. The van der Waals surface area contributed by atoms with Crippen molar-refractivity contribution in [1.82, 2.24) is 0 Å². The highest BCUT2D eigenvalue weighted by Crippen LogP contribution is 2.48. The molecule has 0 aliphatic heterocycles. The minimum atomic E-state index is 0.827. The average molecular weight is 1850 g/mol. The Bertz CT molecular complexity index is 7530. The molecule has 0 fully saturated rings. The van der Waals surface area contributed by atoms with Crippen LogP contribution < -0.4 is 39.2 Å². The average Bonchev–Trinajstić information content (AvgIpc) is 0.776. The van der Waals surface area contributed by atoms with Crippen molar-refractivity contribution in [3.05, 3.63) is 629 Å². The Morgan fingerprint density at radius 3 is 0.424 bits per heavy atom. The summed E-state index contributed by atoms with van der Waals surface area (Å²) in [5, 5.41) is 0. The summed E-state index contributed by atoms with van der Waals surface area (Å²) >= 11 is 0. The molecule has 0 aliphatic carbocycles. The smallest absolute Gasteiger partial charge is 0.0781 e. The van der Waals surface area contributed by atoms with Crippen molar-refractivity contribution in [2.75, 3.05) is 39.2 Å². The monoisotopic (exact) mass is 1850 g/mol. The quantitative estimate of drug-likeness (QED) is 0.0399. The van der Waals surface area contributed by atoms with Crippen molar-refractivity contribution in [3.8, 4) is 11.1 Å². The molecule has 10 nitrogen and oxygen atoms in total. The van der Waals surface area contributed by atoms with Crippen LogP contribution in [0.25, 0.3) is 11.1 Å². The van der Waals surface area contributed by atoms with Crippen LogP contribution in [0.15, 0.2) is 617 Å². The highest BCUT2D eigenvalue weighted by Gasteiger charge is 2.25. The fourth-order valence-corrected chi connectivity index (χ4v) is 18.9. The van der Waals surface area contributed by atoms with E-state index < -0.39 is 0 Å². The van der Waals surface area contributed by atoms with E-state index in [-0.39, 0.29) is 0 Å². The van der Waals surface area contributed by atoms with Crippen LogP contribution in [0, 0.1) is 0 Å². The minimum Gasteiger partial charge on any atom is -0.311 e. The first-order valence-electron chi connectivity index (χ1n) is 48.7. The molecule has 0 atom stereocenters. The third-order valence-corrected chi connectivity index (χ3v) is 25.8. The van der Waals surface area contributed by atoms with Crippen molar-refractivity contribution in [2.24, 2.45) is 9.98 Å². The fourth-order valence-electron chi connectivity index (χ4n) is 18.9. The second kappa shape index (κ2) is 42.7. The molecule has 22 aromatic rings. The van der Waals surface area contributed by atoms with Gasteiger partial charge in [-0.15, -0.1) is 0 Å². The molecule has 0 heterocycles. The van der Waals surface area contributed by atoms with Gasteiger partial charge in [0.1, 0.15) is 0 Å². The molecule has 0 aliphatic rings. The van der Waals surface area contributed by atoms with Gasteiger partial charge in [-0.25, -0.2) is 9.98 Å². The summed E-state index contributed by atoms with van der Waals surface area (Å²) in [5.41, 5.74) is 34.1. The number of nitrogens with zero attached hydrogens (tertiary/aromatic N) is 10. The fraction of sp³-hybridized carbons (Fsp3) is 0. The number of rotatable bonds is 31. The topological polar surface area (TPSA) is 50.6 Å². The van der Waals surface area contributed by atoms with Crippen LogP contribution >= 0.6 is 0 Å². The van der Waals surface area contributed by atoms with E-state index >= 15 is 0 Å². The van der Waals surface area contributed by atoms with Crippen LogP contribution in [0.3, 0.4) is 0 Å². The lowest BCUT2D eigenvalue weighted by Crippen LogP contribution is -2.14. The first kappa shape index (κ1) is 89.8. The molecule has 0 radical (unpaired) electrons. The second-order valence-corrected chi connectivity index (χ2v) is 35.0. The van der Waals surface area contributed by atoms with Gasteiger partial charge < -0.3 is 39.2 Å². The Kier molecular flexibility index (Phi) is 26.6. The summed E-state index contributed by atoms with van der Waals surface area (Å²) in [6.07, 6.45) is 0. The van der Waals surface area contributed by atoms with Crippen molar-refractivity contribution in [1.29, 1.82) is 0 Å². The Balaban J connectivity index is 0.598. The van der Waals surface area contributed by atoms with Gasteiger partial charge in [0.25, 0.3) is 0 Å². The van der Waals surface area contributed by atoms with Crippen LogP contribution in [-0.4, -0.2) is 11.4 Å². The van der Waals surface area contributed by atoms with Gasteiger partial charge in [-0.3, -0.25) is 0 Å². The maximum absolute atomic E-state index is 5.59. The molecule has 0 saturated carbocycles. The number of para-hydroxylation sites is 12. The zero-order valence-corrected chi connectivity index (χ0v) is 79.2. The molecule has 22 rings (SSSR count). The minimum absolute atomic E-state index is 0.827. The molecular weight excluding hydrogens is 1750 g/mol. The van der Waals surface area contributed by atoms with E-state index in [1.54, 1.807) is 0 Å². The number of hydrogen-bond acceptors (Lipinski definition) is 10. The Labute approximate surface area is 842 Å². The molecule has 0 aromatic heterocycles. The zero-order valence-electron chi connectivity index (χ0n) is 79.2. The van der Waals surface area contributed by atoms with Crippen molar-refractivity contribution >= 4 is 159 Å². The summed E-state index contributed by atoms with van der Waals surface area (Å²) in [5.74, 6) is 0. The molecule has 144 heavy (non-hydrogen) atoms. The Hall–Kier alpha value is -19.4. The first-order valence-corrected chi connectivity index (χ1v) is 48.7. The van der Waals surface area contributed by atoms with Crippen LogP contribution in [0.4, 0.5) is 148 Å².